The summed E-state index contributed by atoms with van der Waals surface area (Å²) in [6.45, 7) is 9.84. The molecule has 2 saturated carbocycles. The van der Waals surface area contributed by atoms with Crippen LogP contribution in [0.15, 0.2) is 0 Å². The van der Waals surface area contributed by atoms with Gasteiger partial charge in [-0.25, -0.2) is 0 Å². The fourth-order valence-electron chi connectivity index (χ4n) is 4.86. The smallest absolute Gasteiger partial charge is 0.0309 e. The van der Waals surface area contributed by atoms with Gasteiger partial charge in [0.25, 0.3) is 0 Å². The van der Waals surface area contributed by atoms with E-state index in [0.717, 1.165) is 12.1 Å². The van der Waals surface area contributed by atoms with Crippen LogP contribution >= 0.6 is 0 Å². The first-order valence-electron chi connectivity index (χ1n) is 8.54. The Morgan fingerprint density at radius 1 is 1.16 bits per heavy atom. The second kappa shape index (κ2) is 5.04. The lowest BCUT2D eigenvalue weighted by Gasteiger charge is -2.49. The Hall–Kier alpha value is -0.0800. The number of piperazine rings is 1. The Kier molecular flexibility index (Phi) is 3.68. The summed E-state index contributed by atoms with van der Waals surface area (Å²) in [5, 5.41) is 3.93. The molecule has 1 saturated heterocycles. The van der Waals surface area contributed by atoms with Gasteiger partial charge >= 0.3 is 0 Å². The van der Waals surface area contributed by atoms with Crippen LogP contribution in [0.25, 0.3) is 0 Å². The molecular weight excluding hydrogens is 232 g/mol. The maximum absolute atomic E-state index is 3.93. The second-order valence-electron chi connectivity index (χ2n) is 8.16. The van der Waals surface area contributed by atoms with Gasteiger partial charge < -0.3 is 5.32 Å². The molecule has 2 nitrogen and oxygen atoms in total. The number of rotatable bonds is 2. The van der Waals surface area contributed by atoms with Crippen molar-refractivity contribution in [1.82, 2.24) is 10.2 Å². The summed E-state index contributed by atoms with van der Waals surface area (Å²) < 4.78 is 0. The van der Waals surface area contributed by atoms with Crippen LogP contribution in [0.4, 0.5) is 0 Å². The molecule has 3 rings (SSSR count). The Morgan fingerprint density at radius 2 is 1.89 bits per heavy atom. The van der Waals surface area contributed by atoms with E-state index in [-0.39, 0.29) is 0 Å². The molecule has 19 heavy (non-hydrogen) atoms. The predicted molar refractivity (Wildman–Crippen MR) is 81.4 cm³/mol. The fourth-order valence-corrected chi connectivity index (χ4v) is 4.86. The molecule has 3 fully saturated rings. The lowest BCUT2D eigenvalue weighted by molar-refractivity contribution is 0.0392. The third kappa shape index (κ3) is 2.71. The van der Waals surface area contributed by atoms with Gasteiger partial charge in [0.2, 0.25) is 0 Å². The highest BCUT2D eigenvalue weighted by Crippen LogP contribution is 2.42. The molecule has 0 radical (unpaired) electrons. The van der Waals surface area contributed by atoms with Crippen molar-refractivity contribution in [3.05, 3.63) is 0 Å². The number of hydrogen-bond acceptors (Lipinski definition) is 2. The van der Waals surface area contributed by atoms with Gasteiger partial charge in [0.15, 0.2) is 0 Å². The van der Waals surface area contributed by atoms with Gasteiger partial charge in [-0.2, -0.15) is 0 Å². The van der Waals surface area contributed by atoms with Crippen molar-refractivity contribution >= 4 is 0 Å². The van der Waals surface area contributed by atoms with E-state index in [1.165, 1.54) is 64.5 Å². The lowest BCUT2D eigenvalue weighted by atomic mass is 9.88. The Labute approximate surface area is 119 Å². The van der Waals surface area contributed by atoms with E-state index < -0.39 is 0 Å². The molecule has 0 aromatic rings. The van der Waals surface area contributed by atoms with Crippen molar-refractivity contribution in [2.45, 2.75) is 89.8 Å². The van der Waals surface area contributed by atoms with E-state index >= 15 is 0 Å². The molecule has 0 aromatic carbocycles. The highest BCUT2D eigenvalue weighted by atomic mass is 15.3. The van der Waals surface area contributed by atoms with Crippen LogP contribution in [0.2, 0.25) is 0 Å². The molecule has 1 N–H and O–H groups in total. The summed E-state index contributed by atoms with van der Waals surface area (Å²) in [6, 6.07) is 1.64. The molecule has 0 bridgehead atoms. The third-order valence-electron chi connectivity index (χ3n) is 6.11. The van der Waals surface area contributed by atoms with Crippen molar-refractivity contribution in [3.63, 3.8) is 0 Å². The summed E-state index contributed by atoms with van der Waals surface area (Å²) in [7, 11) is 0. The zero-order valence-corrected chi connectivity index (χ0v) is 13.2. The fraction of sp³-hybridized carbons (Fsp3) is 1.00. The van der Waals surface area contributed by atoms with Gasteiger partial charge in [-0.1, -0.05) is 33.6 Å². The van der Waals surface area contributed by atoms with E-state index in [2.05, 4.69) is 31.0 Å². The van der Waals surface area contributed by atoms with Crippen molar-refractivity contribution in [2.24, 2.45) is 5.41 Å². The highest BCUT2D eigenvalue weighted by Gasteiger charge is 2.45. The minimum absolute atomic E-state index is 0.485. The van der Waals surface area contributed by atoms with Crippen LogP contribution in [0.1, 0.15) is 72.1 Å². The van der Waals surface area contributed by atoms with Crippen molar-refractivity contribution in [2.75, 3.05) is 13.1 Å². The summed E-state index contributed by atoms with van der Waals surface area (Å²) in [4.78, 5) is 2.91. The zero-order valence-electron chi connectivity index (χ0n) is 13.2. The van der Waals surface area contributed by atoms with Gasteiger partial charge in [-0.15, -0.1) is 0 Å². The first kappa shape index (κ1) is 13.9. The van der Waals surface area contributed by atoms with E-state index in [1.807, 2.05) is 0 Å². The minimum Gasteiger partial charge on any atom is -0.308 e. The first-order chi connectivity index (χ1) is 9.04. The summed E-state index contributed by atoms with van der Waals surface area (Å²) in [6.07, 6.45) is 11.3. The van der Waals surface area contributed by atoms with Crippen LogP contribution in [0.5, 0.6) is 0 Å². The van der Waals surface area contributed by atoms with Crippen LogP contribution in [-0.2, 0) is 0 Å². The van der Waals surface area contributed by atoms with Crippen LogP contribution < -0.4 is 5.32 Å². The van der Waals surface area contributed by atoms with Crippen molar-refractivity contribution < 1.29 is 0 Å². The molecule has 110 valence electrons. The van der Waals surface area contributed by atoms with E-state index in [9.17, 15) is 0 Å². The second-order valence-corrected chi connectivity index (χ2v) is 8.16. The topological polar surface area (TPSA) is 15.3 Å². The Balaban J connectivity index is 1.72. The van der Waals surface area contributed by atoms with Gasteiger partial charge in [-0.05, 0) is 43.9 Å². The molecule has 1 spiro atoms. The van der Waals surface area contributed by atoms with Crippen molar-refractivity contribution in [3.8, 4) is 0 Å². The van der Waals surface area contributed by atoms with Gasteiger partial charge in [0, 0.05) is 30.7 Å². The van der Waals surface area contributed by atoms with Crippen LogP contribution in [0, 0.1) is 5.41 Å². The van der Waals surface area contributed by atoms with Gasteiger partial charge in [0.05, 0.1) is 0 Å². The standard InChI is InChI=1S/C17H32N2/c1-4-14-12-18-17(8-5-6-9-17)13-19(14)15-7-10-16(2,3)11-15/h14-15,18H,4-13H2,1-3H3. The van der Waals surface area contributed by atoms with Gasteiger partial charge in [0.1, 0.15) is 0 Å². The number of nitrogens with zero attached hydrogens (tertiary/aromatic N) is 1. The lowest BCUT2D eigenvalue weighted by Crippen LogP contribution is -2.64. The first-order valence-corrected chi connectivity index (χ1v) is 8.54. The quantitative estimate of drug-likeness (QED) is 0.820. The normalized spacial score (nSPS) is 38.1. The SMILES string of the molecule is CCC1CNC2(CCCC2)CN1C1CCC(C)(C)C1. The predicted octanol–water partition coefficient (Wildman–Crippen LogP) is 3.56. The van der Waals surface area contributed by atoms with E-state index in [4.69, 9.17) is 0 Å². The Bertz CT molecular complexity index is 317. The molecule has 2 aliphatic carbocycles. The summed E-state index contributed by atoms with van der Waals surface area (Å²) in [5.41, 5.74) is 1.06. The van der Waals surface area contributed by atoms with Crippen LogP contribution in [0.3, 0.4) is 0 Å². The average Bonchev–Trinajstić information content (AvgIpc) is 2.96. The molecular formula is C17H32N2. The summed E-state index contributed by atoms with van der Waals surface area (Å²) in [5.74, 6) is 0. The molecule has 1 heterocycles. The monoisotopic (exact) mass is 264 g/mol. The number of nitrogens with one attached hydrogen (secondary N) is 1. The number of hydrogen-bond donors (Lipinski definition) is 1. The molecule has 2 heteroatoms. The van der Waals surface area contributed by atoms with E-state index in [1.54, 1.807) is 0 Å². The Morgan fingerprint density at radius 3 is 2.47 bits per heavy atom. The maximum Gasteiger partial charge on any atom is 0.0309 e. The molecule has 0 aromatic heterocycles. The van der Waals surface area contributed by atoms with E-state index in [0.29, 0.717) is 11.0 Å². The van der Waals surface area contributed by atoms with Crippen molar-refractivity contribution in [1.29, 1.82) is 0 Å². The molecule has 2 unspecified atom stereocenters. The summed E-state index contributed by atoms with van der Waals surface area (Å²) >= 11 is 0. The highest BCUT2D eigenvalue weighted by molar-refractivity contribution is 5.03. The maximum atomic E-state index is 3.93. The average molecular weight is 264 g/mol. The zero-order chi connectivity index (χ0) is 13.5. The molecule has 3 aliphatic rings. The molecule has 1 aliphatic heterocycles. The van der Waals surface area contributed by atoms with Crippen LogP contribution in [-0.4, -0.2) is 35.6 Å². The molecule has 0 amide bonds. The minimum atomic E-state index is 0.485. The molecule has 2 atom stereocenters. The largest absolute Gasteiger partial charge is 0.308 e. The third-order valence-corrected chi connectivity index (χ3v) is 6.11. The van der Waals surface area contributed by atoms with Gasteiger partial charge in [-0.3, -0.25) is 4.90 Å².